The molecule has 0 bridgehead atoms. The monoisotopic (exact) mass is 765 g/mol. The molecule has 0 spiro atoms. The van der Waals surface area contributed by atoms with Crippen LogP contribution in [-0.2, 0) is 14.4 Å². The van der Waals surface area contributed by atoms with Crippen LogP contribution in [0, 0.1) is 10.8 Å². The van der Waals surface area contributed by atoms with Crippen LogP contribution in [0.1, 0.15) is 160 Å². The molecule has 0 heterocycles. The fraction of sp³-hybridized carbons (Fsp3) is 0.549. The molecule has 0 radical (unpaired) electrons. The quantitative estimate of drug-likeness (QED) is 0.0694. The molecule has 1 unspecified atom stereocenters. The number of allylic oxidation sites excluding steroid dienone is 18. The maximum absolute atomic E-state index is 13.1. The smallest absolute Gasteiger partial charge is 0.244 e. The average molecular weight is 765 g/mol. The van der Waals surface area contributed by atoms with E-state index < -0.39 is 6.04 Å². The zero-order chi connectivity index (χ0) is 41.7. The zero-order valence-corrected chi connectivity index (χ0v) is 37.1. The number of hydrogen-bond donors (Lipinski definition) is 2. The Morgan fingerprint density at radius 3 is 1.64 bits per heavy atom. The van der Waals surface area contributed by atoms with Gasteiger partial charge < -0.3 is 10.6 Å². The number of carbonyl (C=O) groups is 3. The summed E-state index contributed by atoms with van der Waals surface area (Å²) >= 11 is 0. The lowest BCUT2D eigenvalue weighted by Crippen LogP contribution is -2.40. The molecule has 2 rings (SSSR count). The summed E-state index contributed by atoms with van der Waals surface area (Å²) < 4.78 is 0. The SMILES string of the molecule is CCCCCC(=O)C(CCCCNC(=O)/C=C(C)/C=C/C=C(C)/C=C/C1=C(C)CCCC1(C)C)NC(=O)/C=C(C)/C=C/C=C(C)/C=C/C1=C(C)CCCC1(C)C. The molecule has 0 saturated carbocycles. The normalized spacial score (nSPS) is 19.2. The molecule has 2 amide bonds. The Balaban J connectivity index is 1.88. The van der Waals surface area contributed by atoms with E-state index in [1.165, 1.54) is 60.8 Å². The van der Waals surface area contributed by atoms with Gasteiger partial charge >= 0.3 is 0 Å². The summed E-state index contributed by atoms with van der Waals surface area (Å²) in [7, 11) is 0. The largest absolute Gasteiger partial charge is 0.353 e. The number of amides is 2. The molecule has 5 heteroatoms. The van der Waals surface area contributed by atoms with Gasteiger partial charge in [0.25, 0.3) is 0 Å². The van der Waals surface area contributed by atoms with Crippen LogP contribution < -0.4 is 10.6 Å². The molecule has 0 aliphatic heterocycles. The van der Waals surface area contributed by atoms with E-state index in [0.29, 0.717) is 25.8 Å². The van der Waals surface area contributed by atoms with Crippen molar-refractivity contribution in [1.29, 1.82) is 0 Å². The van der Waals surface area contributed by atoms with Crippen LogP contribution in [0.25, 0.3) is 0 Å². The van der Waals surface area contributed by atoms with Crippen molar-refractivity contribution in [3.8, 4) is 0 Å². The van der Waals surface area contributed by atoms with Gasteiger partial charge in [0.1, 0.15) is 0 Å². The summed E-state index contributed by atoms with van der Waals surface area (Å²) in [5, 5.41) is 5.95. The first-order valence-electron chi connectivity index (χ1n) is 21.4. The number of rotatable bonds is 21. The first kappa shape index (κ1) is 48.2. The molecule has 1 atom stereocenters. The number of unbranched alkanes of at least 4 members (excludes halogenated alkanes) is 3. The Bertz CT molecular complexity index is 1660. The summed E-state index contributed by atoms with van der Waals surface area (Å²) in [6, 6.07) is -0.536. The van der Waals surface area contributed by atoms with E-state index in [1.54, 1.807) is 12.2 Å². The van der Waals surface area contributed by atoms with Crippen LogP contribution in [-0.4, -0.2) is 30.2 Å². The minimum atomic E-state index is -0.536. The van der Waals surface area contributed by atoms with Gasteiger partial charge in [-0.25, -0.2) is 0 Å². The maximum Gasteiger partial charge on any atom is 0.244 e. The summed E-state index contributed by atoms with van der Waals surface area (Å²) in [6.45, 7) is 24.4. The van der Waals surface area contributed by atoms with Gasteiger partial charge in [-0.2, -0.15) is 0 Å². The van der Waals surface area contributed by atoms with Gasteiger partial charge in [-0.15, -0.1) is 0 Å². The Labute approximate surface area is 342 Å². The third-order valence-corrected chi connectivity index (χ3v) is 11.2. The number of ketones is 1. The van der Waals surface area contributed by atoms with Crippen LogP contribution in [0.4, 0.5) is 0 Å². The predicted molar refractivity (Wildman–Crippen MR) is 240 cm³/mol. The van der Waals surface area contributed by atoms with E-state index in [4.69, 9.17) is 0 Å². The summed E-state index contributed by atoms with van der Waals surface area (Å²) in [4.78, 5) is 38.7. The number of Topliss-reactive ketones (excluding diaryl/α,β-unsaturated/α-hetero) is 1. The molecular weight excluding hydrogens is 689 g/mol. The van der Waals surface area contributed by atoms with Crippen LogP contribution in [0.2, 0.25) is 0 Å². The molecule has 0 saturated heterocycles. The third-order valence-electron chi connectivity index (χ3n) is 11.2. The molecule has 308 valence electrons. The van der Waals surface area contributed by atoms with Crippen molar-refractivity contribution in [3.63, 3.8) is 0 Å². The van der Waals surface area contributed by atoms with Crippen molar-refractivity contribution in [3.05, 3.63) is 117 Å². The van der Waals surface area contributed by atoms with Gasteiger partial charge in [-0.05, 0) is 139 Å². The lowest BCUT2D eigenvalue weighted by Gasteiger charge is -2.33. The molecule has 2 aliphatic carbocycles. The second-order valence-electron chi connectivity index (χ2n) is 17.6. The molecule has 0 aromatic rings. The third kappa shape index (κ3) is 18.3. The molecule has 2 aliphatic rings. The van der Waals surface area contributed by atoms with Gasteiger partial charge in [0.05, 0.1) is 6.04 Å². The van der Waals surface area contributed by atoms with Gasteiger partial charge in [-0.1, -0.05) is 131 Å². The molecule has 56 heavy (non-hydrogen) atoms. The van der Waals surface area contributed by atoms with Crippen LogP contribution in [0.5, 0.6) is 0 Å². The molecule has 5 nitrogen and oxygen atoms in total. The first-order chi connectivity index (χ1) is 26.4. The van der Waals surface area contributed by atoms with E-state index in [9.17, 15) is 14.4 Å². The predicted octanol–water partition coefficient (Wildman–Crippen LogP) is 13.0. The summed E-state index contributed by atoms with van der Waals surface area (Å²) in [5.41, 5.74) is 10.3. The molecule has 0 aromatic carbocycles. The molecule has 2 N–H and O–H groups in total. The Kier molecular flexibility index (Phi) is 21.2. The van der Waals surface area contributed by atoms with Crippen LogP contribution >= 0.6 is 0 Å². The lowest BCUT2D eigenvalue weighted by molar-refractivity contribution is -0.126. The number of hydrogen-bond acceptors (Lipinski definition) is 3. The first-order valence-corrected chi connectivity index (χ1v) is 21.4. The summed E-state index contributed by atoms with van der Waals surface area (Å²) in [6.07, 6.45) is 36.6. The lowest BCUT2D eigenvalue weighted by atomic mass is 9.72. The fourth-order valence-electron chi connectivity index (χ4n) is 7.76. The Morgan fingerprint density at radius 2 is 1.16 bits per heavy atom. The maximum atomic E-state index is 13.1. The molecule has 0 fully saturated rings. The van der Waals surface area contributed by atoms with E-state index in [2.05, 4.69) is 109 Å². The second-order valence-corrected chi connectivity index (χ2v) is 17.6. The highest BCUT2D eigenvalue weighted by atomic mass is 16.2. The van der Waals surface area contributed by atoms with Crippen molar-refractivity contribution in [2.24, 2.45) is 10.8 Å². The van der Waals surface area contributed by atoms with Crippen molar-refractivity contribution < 1.29 is 14.4 Å². The van der Waals surface area contributed by atoms with Crippen LogP contribution in [0.15, 0.2) is 117 Å². The Morgan fingerprint density at radius 1 is 0.661 bits per heavy atom. The number of carbonyl (C=O) groups excluding carboxylic acids is 3. The summed E-state index contributed by atoms with van der Waals surface area (Å²) in [5.74, 6) is -0.317. The van der Waals surface area contributed by atoms with Gasteiger partial charge in [0.2, 0.25) is 11.8 Å². The highest BCUT2D eigenvalue weighted by Gasteiger charge is 2.27. The van der Waals surface area contributed by atoms with Crippen molar-refractivity contribution >= 4 is 17.6 Å². The van der Waals surface area contributed by atoms with E-state index >= 15 is 0 Å². The van der Waals surface area contributed by atoms with Gasteiger partial charge in [-0.3, -0.25) is 14.4 Å². The van der Waals surface area contributed by atoms with E-state index in [1.807, 2.05) is 38.2 Å². The highest BCUT2D eigenvalue weighted by Crippen LogP contribution is 2.41. The van der Waals surface area contributed by atoms with E-state index in [0.717, 1.165) is 48.0 Å². The zero-order valence-electron chi connectivity index (χ0n) is 37.1. The number of nitrogens with one attached hydrogen (secondary N) is 2. The minimum Gasteiger partial charge on any atom is -0.353 e. The van der Waals surface area contributed by atoms with Crippen molar-refractivity contribution in [2.45, 2.75) is 166 Å². The fourth-order valence-corrected chi connectivity index (χ4v) is 7.76. The minimum absolute atomic E-state index is 0.0735. The van der Waals surface area contributed by atoms with E-state index in [-0.39, 0.29) is 28.4 Å². The standard InChI is InChI=1S/C51H76N2O3/c1-12-13-14-28-47(54)46(53-49(56)37-41(5)24-18-22-39(3)30-32-45-43(7)26-20-34-51(45,10)11)27-15-16-35-52-48(55)36-40(4)23-17-21-38(2)29-31-44-42(6)25-19-33-50(44,8)9/h17-18,21-24,29-32,36-37,46H,12-16,19-20,25-28,33-35H2,1-11H3,(H,52,55)(H,53,56)/b23-17+,24-18+,31-29+,32-30+,38-21+,39-22+,40-36+,41-37+. The van der Waals surface area contributed by atoms with Crippen molar-refractivity contribution in [1.82, 2.24) is 10.6 Å². The highest BCUT2D eigenvalue weighted by molar-refractivity contribution is 5.94. The van der Waals surface area contributed by atoms with Crippen molar-refractivity contribution in [2.75, 3.05) is 6.54 Å². The van der Waals surface area contributed by atoms with Gasteiger partial charge in [0, 0.05) is 25.1 Å². The van der Waals surface area contributed by atoms with Crippen LogP contribution in [0.3, 0.4) is 0 Å². The average Bonchev–Trinajstić information content (AvgIpc) is 3.10. The second kappa shape index (κ2) is 24.6. The topological polar surface area (TPSA) is 75.3 Å². The van der Waals surface area contributed by atoms with Gasteiger partial charge in [0.15, 0.2) is 5.78 Å². The Hall–Kier alpha value is -3.99. The molecular formula is C51H76N2O3. The molecule has 0 aromatic heterocycles.